The second-order valence-corrected chi connectivity index (χ2v) is 3.68. The fourth-order valence-corrected chi connectivity index (χ4v) is 0.687. The molecule has 0 radical (unpaired) electrons. The van der Waals surface area contributed by atoms with E-state index in [1.807, 2.05) is 20.8 Å². The van der Waals surface area contributed by atoms with Crippen molar-refractivity contribution in [1.82, 2.24) is 0 Å². The van der Waals surface area contributed by atoms with Gasteiger partial charge < -0.3 is 9.47 Å². The summed E-state index contributed by atoms with van der Waals surface area (Å²) in [6.45, 7) is 5.54. The van der Waals surface area contributed by atoms with E-state index in [9.17, 15) is 9.59 Å². The topological polar surface area (TPSA) is 65.0 Å². The van der Waals surface area contributed by atoms with E-state index in [0.717, 1.165) is 0 Å². The molecule has 0 heterocycles. The van der Waals surface area contributed by atoms with Gasteiger partial charge in [0.15, 0.2) is 6.04 Å². The molecule has 14 heavy (non-hydrogen) atoms. The molecule has 5 nitrogen and oxygen atoms in total. The van der Waals surface area contributed by atoms with E-state index in [1.54, 1.807) is 0 Å². The molecule has 1 atom stereocenters. The number of aliphatic imine (C=N–C) groups is 1. The second kappa shape index (κ2) is 5.52. The van der Waals surface area contributed by atoms with Crippen LogP contribution in [0.1, 0.15) is 20.8 Å². The van der Waals surface area contributed by atoms with E-state index in [2.05, 4.69) is 9.73 Å². The number of carbonyl (C=O) groups excluding carboxylic acids is 2. The Bertz CT molecular complexity index is 238. The molecule has 0 saturated carbocycles. The number of rotatable bonds is 4. The summed E-state index contributed by atoms with van der Waals surface area (Å²) >= 11 is 0. The van der Waals surface area contributed by atoms with Gasteiger partial charge in [0.25, 0.3) is 0 Å². The summed E-state index contributed by atoms with van der Waals surface area (Å²) < 4.78 is 9.73. The van der Waals surface area contributed by atoms with Gasteiger partial charge in [0.1, 0.15) is 0 Å². The number of nitrogens with zero attached hydrogens (tertiary/aromatic N) is 1. The molecule has 0 aliphatic rings. The van der Waals surface area contributed by atoms with Crippen molar-refractivity contribution in [2.45, 2.75) is 32.4 Å². The predicted molar refractivity (Wildman–Crippen MR) is 49.6 cm³/mol. The molecule has 0 aliphatic heterocycles. The van der Waals surface area contributed by atoms with Gasteiger partial charge in [-0.25, -0.2) is 9.59 Å². The first-order chi connectivity index (χ1) is 6.40. The predicted octanol–water partition coefficient (Wildman–Crippen LogP) is 0.679. The zero-order valence-electron chi connectivity index (χ0n) is 8.86. The Labute approximate surface area is 83.1 Å². The van der Waals surface area contributed by atoms with Crippen LogP contribution in [0.5, 0.6) is 0 Å². The Balaban J connectivity index is 4.25. The molecule has 0 aromatic carbocycles. The van der Waals surface area contributed by atoms with Gasteiger partial charge in [0, 0.05) is 0 Å². The summed E-state index contributed by atoms with van der Waals surface area (Å²) in [5, 5.41) is 0. The van der Waals surface area contributed by atoms with Crippen LogP contribution in [0, 0.1) is 0 Å². The van der Waals surface area contributed by atoms with Crippen LogP contribution in [-0.2, 0) is 19.1 Å². The second-order valence-electron chi connectivity index (χ2n) is 3.68. The minimum atomic E-state index is -0.920. The minimum Gasteiger partial charge on any atom is -0.467 e. The number of ether oxygens (including phenoxy) is 2. The van der Waals surface area contributed by atoms with Crippen molar-refractivity contribution in [2.75, 3.05) is 13.7 Å². The van der Waals surface area contributed by atoms with E-state index >= 15 is 0 Å². The quantitative estimate of drug-likeness (QED) is 0.381. The highest BCUT2D eigenvalue weighted by atomic mass is 16.5. The van der Waals surface area contributed by atoms with Crippen molar-refractivity contribution in [3.05, 3.63) is 0 Å². The maximum atomic E-state index is 11.0. The Hall–Kier alpha value is -1.19. The van der Waals surface area contributed by atoms with Crippen molar-refractivity contribution >= 4 is 12.0 Å². The van der Waals surface area contributed by atoms with Crippen molar-refractivity contribution in [2.24, 2.45) is 4.99 Å². The van der Waals surface area contributed by atoms with Gasteiger partial charge in [-0.15, -0.1) is 0 Å². The van der Waals surface area contributed by atoms with Gasteiger partial charge in [-0.3, -0.25) is 0 Å². The molecule has 0 bridgehead atoms. The average Bonchev–Trinajstić information content (AvgIpc) is 2.09. The summed E-state index contributed by atoms with van der Waals surface area (Å²) in [6, 6.07) is -0.920. The van der Waals surface area contributed by atoms with Crippen LogP contribution in [0.3, 0.4) is 0 Å². The van der Waals surface area contributed by atoms with E-state index in [0.29, 0.717) is 0 Å². The van der Waals surface area contributed by atoms with Crippen molar-refractivity contribution in [1.29, 1.82) is 0 Å². The maximum absolute atomic E-state index is 11.0. The third-order valence-corrected chi connectivity index (χ3v) is 1.36. The number of hydrogen-bond donors (Lipinski definition) is 0. The van der Waals surface area contributed by atoms with Gasteiger partial charge in [0.05, 0.1) is 19.3 Å². The minimum absolute atomic E-state index is 0.0193. The number of isocyanates is 1. The van der Waals surface area contributed by atoms with E-state index in [1.165, 1.54) is 13.2 Å². The molecule has 0 aromatic rings. The summed E-state index contributed by atoms with van der Waals surface area (Å²) in [5.41, 5.74) is -0.384. The third kappa shape index (κ3) is 5.45. The van der Waals surface area contributed by atoms with E-state index < -0.39 is 12.0 Å². The van der Waals surface area contributed by atoms with Crippen LogP contribution in [0.25, 0.3) is 0 Å². The van der Waals surface area contributed by atoms with E-state index in [4.69, 9.17) is 4.74 Å². The molecule has 0 aromatic heterocycles. The number of esters is 1. The summed E-state index contributed by atoms with van der Waals surface area (Å²) in [6.07, 6.45) is 1.31. The Kier molecular flexibility index (Phi) is 5.05. The van der Waals surface area contributed by atoms with Gasteiger partial charge >= 0.3 is 5.97 Å². The van der Waals surface area contributed by atoms with Gasteiger partial charge in [-0.2, -0.15) is 4.99 Å². The van der Waals surface area contributed by atoms with Crippen molar-refractivity contribution < 1.29 is 19.1 Å². The zero-order valence-corrected chi connectivity index (χ0v) is 8.86. The number of carbonyl (C=O) groups is 1. The molecule has 0 aliphatic carbocycles. The molecule has 0 amide bonds. The largest absolute Gasteiger partial charge is 0.467 e. The smallest absolute Gasteiger partial charge is 0.333 e. The van der Waals surface area contributed by atoms with Crippen LogP contribution in [0.4, 0.5) is 0 Å². The Morgan fingerprint density at radius 3 is 2.43 bits per heavy atom. The lowest BCUT2D eigenvalue weighted by atomic mass is 10.2. The van der Waals surface area contributed by atoms with E-state index in [-0.39, 0.29) is 12.2 Å². The number of methoxy groups -OCH3 is 1. The SMILES string of the molecule is COC(=O)C(COC(C)(C)C)N=C=O. The molecule has 0 rings (SSSR count). The van der Waals surface area contributed by atoms with Gasteiger partial charge in [-0.1, -0.05) is 0 Å². The Morgan fingerprint density at radius 2 is 2.07 bits per heavy atom. The molecule has 80 valence electrons. The first-order valence-electron chi connectivity index (χ1n) is 4.19. The number of hydrogen-bond acceptors (Lipinski definition) is 5. The lowest BCUT2D eigenvalue weighted by molar-refractivity contribution is -0.144. The molecular formula is C9H15NO4. The van der Waals surface area contributed by atoms with Crippen molar-refractivity contribution in [3.8, 4) is 0 Å². The summed E-state index contributed by atoms with van der Waals surface area (Å²) in [5.74, 6) is -0.599. The van der Waals surface area contributed by atoms with Crippen LogP contribution < -0.4 is 0 Å². The monoisotopic (exact) mass is 201 g/mol. The maximum Gasteiger partial charge on any atom is 0.333 e. The lowest BCUT2D eigenvalue weighted by Gasteiger charge is -2.20. The summed E-state index contributed by atoms with van der Waals surface area (Å²) in [7, 11) is 1.23. The molecule has 0 spiro atoms. The molecule has 0 fully saturated rings. The first-order valence-corrected chi connectivity index (χ1v) is 4.19. The Morgan fingerprint density at radius 1 is 1.50 bits per heavy atom. The van der Waals surface area contributed by atoms with Gasteiger partial charge in [-0.05, 0) is 20.8 Å². The highest BCUT2D eigenvalue weighted by molar-refractivity contribution is 5.76. The third-order valence-electron chi connectivity index (χ3n) is 1.36. The highest BCUT2D eigenvalue weighted by Crippen LogP contribution is 2.08. The fourth-order valence-electron chi connectivity index (χ4n) is 0.687. The van der Waals surface area contributed by atoms with Crippen LogP contribution in [0.2, 0.25) is 0 Å². The molecule has 0 N–H and O–H groups in total. The van der Waals surface area contributed by atoms with Gasteiger partial charge in [0.2, 0.25) is 6.08 Å². The molecule has 5 heteroatoms. The molecular weight excluding hydrogens is 186 g/mol. The van der Waals surface area contributed by atoms with Crippen LogP contribution >= 0.6 is 0 Å². The summed E-state index contributed by atoms with van der Waals surface area (Å²) in [4.78, 5) is 24.3. The van der Waals surface area contributed by atoms with Crippen molar-refractivity contribution in [3.63, 3.8) is 0 Å². The zero-order chi connectivity index (χ0) is 11.2. The van der Waals surface area contributed by atoms with Crippen LogP contribution in [-0.4, -0.2) is 37.4 Å². The highest BCUT2D eigenvalue weighted by Gasteiger charge is 2.21. The fraction of sp³-hybridized carbons (Fsp3) is 0.778. The first kappa shape index (κ1) is 12.8. The lowest BCUT2D eigenvalue weighted by Crippen LogP contribution is -2.31. The standard InChI is InChI=1S/C9H15NO4/c1-9(2,3)14-5-7(10-6-11)8(12)13-4/h7H,5H2,1-4H3. The normalized spacial score (nSPS) is 12.9. The molecule has 1 unspecified atom stereocenters. The average molecular weight is 201 g/mol. The molecule has 0 saturated heterocycles. The van der Waals surface area contributed by atoms with Crippen LogP contribution in [0.15, 0.2) is 4.99 Å².